The molecule has 7 nitrogen and oxygen atoms in total. The van der Waals surface area contributed by atoms with E-state index in [1.54, 1.807) is 21.4 Å². The van der Waals surface area contributed by atoms with Crippen molar-refractivity contribution in [1.82, 2.24) is 24.6 Å². The van der Waals surface area contributed by atoms with Gasteiger partial charge in [-0.1, -0.05) is 59.8 Å². The molecule has 0 spiro atoms. The molecule has 34 heavy (non-hydrogen) atoms. The molecule has 0 fully saturated rings. The third-order valence-corrected chi connectivity index (χ3v) is 7.29. The Balaban J connectivity index is 1.30. The first kappa shape index (κ1) is 22.7. The van der Waals surface area contributed by atoms with Gasteiger partial charge < -0.3 is 5.32 Å². The van der Waals surface area contributed by atoms with Crippen LogP contribution in [-0.2, 0) is 11.2 Å². The van der Waals surface area contributed by atoms with Crippen molar-refractivity contribution in [1.29, 1.82) is 0 Å². The van der Waals surface area contributed by atoms with Gasteiger partial charge in [0, 0.05) is 23.2 Å². The van der Waals surface area contributed by atoms with Crippen LogP contribution in [0.5, 0.6) is 0 Å². The summed E-state index contributed by atoms with van der Waals surface area (Å²) in [4.78, 5) is 30.8. The van der Waals surface area contributed by atoms with Crippen LogP contribution >= 0.6 is 23.4 Å². The van der Waals surface area contributed by atoms with Gasteiger partial charge in [0.05, 0.1) is 17.9 Å². The smallest absolute Gasteiger partial charge is 0.265 e. The summed E-state index contributed by atoms with van der Waals surface area (Å²) in [7, 11) is 0. The molecule has 5 rings (SSSR count). The Kier molecular flexibility index (Phi) is 6.43. The summed E-state index contributed by atoms with van der Waals surface area (Å²) < 4.78 is 3.27. The fourth-order valence-electron chi connectivity index (χ4n) is 4.23. The monoisotopic (exact) mass is 493 g/mol. The maximum atomic E-state index is 13.3. The lowest BCUT2D eigenvalue weighted by molar-refractivity contribution is -0.122. The summed E-state index contributed by atoms with van der Waals surface area (Å²) in [6, 6.07) is 17.3. The van der Waals surface area contributed by atoms with Crippen LogP contribution in [0.2, 0.25) is 5.02 Å². The fourth-order valence-corrected chi connectivity index (χ4v) is 5.54. The second-order valence-electron chi connectivity index (χ2n) is 8.50. The van der Waals surface area contributed by atoms with Gasteiger partial charge in [-0.05, 0) is 43.5 Å². The van der Waals surface area contributed by atoms with Crippen molar-refractivity contribution in [2.45, 2.75) is 43.4 Å². The van der Waals surface area contributed by atoms with E-state index >= 15 is 0 Å². The number of benzene rings is 2. The second-order valence-corrected chi connectivity index (χ2v) is 9.93. The third kappa shape index (κ3) is 4.60. The highest BCUT2D eigenvalue weighted by molar-refractivity contribution is 7.99. The van der Waals surface area contributed by atoms with Gasteiger partial charge in [0.25, 0.3) is 5.56 Å². The van der Waals surface area contributed by atoms with E-state index in [1.165, 1.54) is 23.5 Å². The minimum absolute atomic E-state index is 0.0505. The van der Waals surface area contributed by atoms with Crippen molar-refractivity contribution >= 4 is 40.3 Å². The number of rotatable bonds is 7. The quantitative estimate of drug-likeness (QED) is 0.386. The SMILES string of the molecule is CC(CCc1ccccc1)NC(=O)CC1CSc2nc3c(cnn3-c3cccc(Cl)c3)c(=O)n21. The molecule has 1 aliphatic heterocycles. The molecule has 0 radical (unpaired) electrons. The third-order valence-electron chi connectivity index (χ3n) is 5.96. The van der Waals surface area contributed by atoms with E-state index in [-0.39, 0.29) is 30.0 Å². The molecule has 0 aliphatic carbocycles. The topological polar surface area (TPSA) is 81.8 Å². The van der Waals surface area contributed by atoms with E-state index in [9.17, 15) is 9.59 Å². The number of aryl methyl sites for hydroxylation is 1. The van der Waals surface area contributed by atoms with Crippen molar-refractivity contribution in [3.63, 3.8) is 0 Å². The van der Waals surface area contributed by atoms with Crippen LogP contribution in [0.4, 0.5) is 0 Å². The molecule has 1 amide bonds. The van der Waals surface area contributed by atoms with Crippen LogP contribution in [-0.4, -0.2) is 37.0 Å². The molecule has 3 heterocycles. The molecule has 0 bridgehead atoms. The summed E-state index contributed by atoms with van der Waals surface area (Å²) >= 11 is 7.61. The van der Waals surface area contributed by atoms with Crippen LogP contribution in [0.3, 0.4) is 0 Å². The van der Waals surface area contributed by atoms with Crippen molar-refractivity contribution in [2.75, 3.05) is 5.75 Å². The highest BCUT2D eigenvalue weighted by Gasteiger charge is 2.30. The predicted molar refractivity (Wildman–Crippen MR) is 135 cm³/mol. The summed E-state index contributed by atoms with van der Waals surface area (Å²) in [6.07, 6.45) is 3.54. The van der Waals surface area contributed by atoms with Gasteiger partial charge >= 0.3 is 0 Å². The number of aromatic nitrogens is 4. The molecule has 9 heteroatoms. The van der Waals surface area contributed by atoms with Crippen LogP contribution in [0.25, 0.3) is 16.7 Å². The van der Waals surface area contributed by atoms with Crippen LogP contribution in [0, 0.1) is 0 Å². The van der Waals surface area contributed by atoms with Crippen molar-refractivity contribution < 1.29 is 4.79 Å². The molecule has 174 valence electrons. The molecular formula is C25H24ClN5O2S. The average molecular weight is 494 g/mol. The maximum absolute atomic E-state index is 13.3. The summed E-state index contributed by atoms with van der Waals surface area (Å²) in [5.41, 5.74) is 2.31. The number of carbonyl (C=O) groups excluding carboxylic acids is 1. The Morgan fingerprint density at radius 1 is 1.24 bits per heavy atom. The molecule has 2 atom stereocenters. The van der Waals surface area contributed by atoms with E-state index in [0.717, 1.165) is 18.5 Å². The van der Waals surface area contributed by atoms with Crippen molar-refractivity contribution in [3.05, 3.63) is 81.7 Å². The lowest BCUT2D eigenvalue weighted by Gasteiger charge is -2.17. The number of thioether (sulfide) groups is 1. The normalized spacial score (nSPS) is 15.9. The predicted octanol–water partition coefficient (Wildman–Crippen LogP) is 4.41. The highest BCUT2D eigenvalue weighted by Crippen LogP contribution is 2.33. The number of nitrogens with one attached hydrogen (secondary N) is 1. The summed E-state index contributed by atoms with van der Waals surface area (Å²) in [5.74, 6) is 0.575. The maximum Gasteiger partial charge on any atom is 0.265 e. The van der Waals surface area contributed by atoms with E-state index < -0.39 is 0 Å². The van der Waals surface area contributed by atoms with E-state index in [1.807, 2.05) is 37.3 Å². The van der Waals surface area contributed by atoms with Gasteiger partial charge in [0.2, 0.25) is 5.91 Å². The number of hydrogen-bond donors (Lipinski definition) is 1. The zero-order chi connectivity index (χ0) is 23.7. The van der Waals surface area contributed by atoms with Gasteiger partial charge in [0.1, 0.15) is 5.39 Å². The Morgan fingerprint density at radius 2 is 2.06 bits per heavy atom. The molecule has 2 unspecified atom stereocenters. The first-order valence-electron chi connectivity index (χ1n) is 11.2. The number of hydrogen-bond acceptors (Lipinski definition) is 5. The Hall–Kier alpha value is -3.10. The highest BCUT2D eigenvalue weighted by atomic mass is 35.5. The number of nitrogens with zero attached hydrogens (tertiary/aromatic N) is 4. The van der Waals surface area contributed by atoms with Gasteiger partial charge in [0.15, 0.2) is 10.8 Å². The Morgan fingerprint density at radius 3 is 2.85 bits per heavy atom. The summed E-state index contributed by atoms with van der Waals surface area (Å²) in [6.45, 7) is 2.01. The largest absolute Gasteiger partial charge is 0.354 e. The van der Waals surface area contributed by atoms with Crippen LogP contribution < -0.4 is 10.9 Å². The van der Waals surface area contributed by atoms with E-state index in [4.69, 9.17) is 16.6 Å². The molecule has 4 aromatic rings. The van der Waals surface area contributed by atoms with Gasteiger partial charge in [-0.15, -0.1) is 0 Å². The number of amides is 1. The minimum atomic E-state index is -0.236. The number of carbonyl (C=O) groups is 1. The van der Waals surface area contributed by atoms with Crippen molar-refractivity contribution in [2.24, 2.45) is 0 Å². The molecule has 1 aliphatic rings. The van der Waals surface area contributed by atoms with Crippen molar-refractivity contribution in [3.8, 4) is 5.69 Å². The zero-order valence-electron chi connectivity index (χ0n) is 18.6. The lowest BCUT2D eigenvalue weighted by atomic mass is 10.1. The average Bonchev–Trinajstić information content (AvgIpc) is 3.43. The molecule has 0 saturated carbocycles. The number of halogens is 1. The molecule has 2 aromatic heterocycles. The molecular weight excluding hydrogens is 470 g/mol. The number of fused-ring (bicyclic) bond motifs is 2. The zero-order valence-corrected chi connectivity index (χ0v) is 20.2. The van der Waals surface area contributed by atoms with E-state index in [0.29, 0.717) is 27.0 Å². The first-order chi connectivity index (χ1) is 16.5. The molecule has 1 N–H and O–H groups in total. The fraction of sp³-hybridized carbons (Fsp3) is 0.280. The van der Waals surface area contributed by atoms with Crippen LogP contribution in [0.15, 0.2) is 70.7 Å². The lowest BCUT2D eigenvalue weighted by Crippen LogP contribution is -2.35. The van der Waals surface area contributed by atoms with E-state index in [2.05, 4.69) is 22.5 Å². The Bertz CT molecular complexity index is 1400. The first-order valence-corrected chi connectivity index (χ1v) is 12.6. The van der Waals surface area contributed by atoms with Gasteiger partial charge in [-0.3, -0.25) is 14.2 Å². The van der Waals surface area contributed by atoms with Gasteiger partial charge in [-0.2, -0.15) is 5.10 Å². The van der Waals surface area contributed by atoms with Crippen LogP contribution in [0.1, 0.15) is 31.4 Å². The van der Waals surface area contributed by atoms with Gasteiger partial charge in [-0.25, -0.2) is 9.67 Å². The Labute approximate surface area is 206 Å². The summed E-state index contributed by atoms with van der Waals surface area (Å²) in [5, 5.41) is 9.07. The second kappa shape index (κ2) is 9.64. The standard InChI is InChI=1S/C25H24ClN5O2S/c1-16(10-11-17-6-3-2-4-7-17)28-22(32)13-20-15-34-25-29-23-21(24(33)30(20)25)14-27-31(23)19-9-5-8-18(26)12-19/h2-9,12,14,16,20H,10-11,13,15H2,1H3,(H,28,32). The molecule has 2 aromatic carbocycles. The minimum Gasteiger partial charge on any atom is -0.354 e. The molecule has 0 saturated heterocycles.